The second kappa shape index (κ2) is 7.64. The van der Waals surface area contributed by atoms with Gasteiger partial charge in [0.2, 0.25) is 0 Å². The van der Waals surface area contributed by atoms with E-state index in [1.807, 2.05) is 6.20 Å². The lowest BCUT2D eigenvalue weighted by molar-refractivity contribution is 0.0895. The van der Waals surface area contributed by atoms with Gasteiger partial charge >= 0.3 is 0 Å². The van der Waals surface area contributed by atoms with E-state index in [9.17, 15) is 0 Å². The van der Waals surface area contributed by atoms with Crippen LogP contribution < -0.4 is 10.2 Å². The molecule has 4 rings (SSSR count). The molecule has 4 nitrogen and oxygen atoms in total. The van der Waals surface area contributed by atoms with E-state index in [4.69, 9.17) is 4.74 Å². The maximum atomic E-state index is 6.00. The Morgan fingerprint density at radius 1 is 1.17 bits per heavy atom. The quantitative estimate of drug-likeness (QED) is 0.902. The molecule has 0 radical (unpaired) electrons. The first-order valence-corrected chi connectivity index (χ1v) is 9.82. The van der Waals surface area contributed by atoms with E-state index < -0.39 is 0 Å². The summed E-state index contributed by atoms with van der Waals surface area (Å²) in [6.45, 7) is 4.15. The van der Waals surface area contributed by atoms with Crippen molar-refractivity contribution >= 4 is 16.5 Å². The molecule has 128 valence electrons. The van der Waals surface area contributed by atoms with Crippen LogP contribution in [-0.4, -0.2) is 37.3 Å². The van der Waals surface area contributed by atoms with E-state index in [2.05, 4.69) is 50.9 Å². The molecule has 0 aliphatic carbocycles. The Kier molecular flexibility index (Phi) is 5.11. The van der Waals surface area contributed by atoms with E-state index in [0.29, 0.717) is 12.0 Å². The SMILES string of the molecule is c1ccc([C@H]2OCC[C@@H]2CNC2CCN(c3nccs3)CC2)cc1. The molecule has 2 aliphatic heterocycles. The second-order valence-electron chi connectivity index (χ2n) is 6.74. The van der Waals surface area contributed by atoms with Gasteiger partial charge in [0, 0.05) is 49.8 Å². The molecule has 1 aromatic carbocycles. The van der Waals surface area contributed by atoms with Crippen LogP contribution in [0.25, 0.3) is 0 Å². The predicted molar refractivity (Wildman–Crippen MR) is 98.6 cm³/mol. The number of thiazole rings is 1. The maximum Gasteiger partial charge on any atom is 0.185 e. The Hall–Kier alpha value is -1.43. The number of nitrogens with zero attached hydrogens (tertiary/aromatic N) is 2. The van der Waals surface area contributed by atoms with Crippen molar-refractivity contribution in [2.24, 2.45) is 5.92 Å². The summed E-state index contributed by atoms with van der Waals surface area (Å²) in [5.74, 6) is 0.587. The molecular formula is C19H25N3OS. The fraction of sp³-hybridized carbons (Fsp3) is 0.526. The largest absolute Gasteiger partial charge is 0.373 e. The molecule has 2 fully saturated rings. The standard InChI is InChI=1S/C19H25N3OS/c1-2-4-15(5-3-1)18-16(8-12-23-18)14-21-17-6-10-22(11-7-17)19-20-9-13-24-19/h1-5,9,13,16-18,21H,6-8,10-12,14H2/t16-,18-/m1/s1. The van der Waals surface area contributed by atoms with Crippen molar-refractivity contribution in [2.45, 2.75) is 31.4 Å². The van der Waals surface area contributed by atoms with Crippen molar-refractivity contribution in [1.82, 2.24) is 10.3 Å². The minimum Gasteiger partial charge on any atom is -0.373 e. The number of ether oxygens (including phenoxy) is 1. The lowest BCUT2D eigenvalue weighted by Gasteiger charge is -2.33. The zero-order valence-electron chi connectivity index (χ0n) is 13.9. The molecule has 0 saturated carbocycles. The highest BCUT2D eigenvalue weighted by atomic mass is 32.1. The summed E-state index contributed by atoms with van der Waals surface area (Å²) in [4.78, 5) is 6.84. The minimum atomic E-state index is 0.258. The smallest absolute Gasteiger partial charge is 0.185 e. The van der Waals surface area contributed by atoms with Crippen LogP contribution in [0.1, 0.15) is 30.9 Å². The van der Waals surface area contributed by atoms with Crippen LogP contribution in [0.15, 0.2) is 41.9 Å². The second-order valence-corrected chi connectivity index (χ2v) is 7.61. The van der Waals surface area contributed by atoms with Crippen LogP contribution >= 0.6 is 11.3 Å². The van der Waals surface area contributed by atoms with Gasteiger partial charge in [0.25, 0.3) is 0 Å². The first-order valence-electron chi connectivity index (χ1n) is 8.94. The minimum absolute atomic E-state index is 0.258. The lowest BCUT2D eigenvalue weighted by Crippen LogP contribution is -2.44. The Balaban J connectivity index is 1.27. The molecular weight excluding hydrogens is 318 g/mol. The normalized spacial score (nSPS) is 25.2. The summed E-state index contributed by atoms with van der Waals surface area (Å²) in [6, 6.07) is 11.3. The van der Waals surface area contributed by atoms with Gasteiger partial charge in [0.05, 0.1) is 6.10 Å². The van der Waals surface area contributed by atoms with Gasteiger partial charge in [-0.2, -0.15) is 0 Å². The number of anilines is 1. The molecule has 2 aliphatic rings. The van der Waals surface area contributed by atoms with Crippen molar-refractivity contribution in [3.8, 4) is 0 Å². The Morgan fingerprint density at radius 2 is 2.00 bits per heavy atom. The Morgan fingerprint density at radius 3 is 2.75 bits per heavy atom. The molecule has 0 bridgehead atoms. The van der Waals surface area contributed by atoms with Gasteiger partial charge in [-0.25, -0.2) is 4.98 Å². The fourth-order valence-electron chi connectivity index (χ4n) is 3.82. The molecule has 0 unspecified atom stereocenters. The highest BCUT2D eigenvalue weighted by molar-refractivity contribution is 7.13. The van der Waals surface area contributed by atoms with Gasteiger partial charge in [-0.05, 0) is 24.8 Å². The van der Waals surface area contributed by atoms with Gasteiger partial charge in [-0.15, -0.1) is 11.3 Å². The summed E-state index contributed by atoms with van der Waals surface area (Å²) in [5.41, 5.74) is 1.32. The summed E-state index contributed by atoms with van der Waals surface area (Å²) in [7, 11) is 0. The topological polar surface area (TPSA) is 37.4 Å². The number of nitrogens with one attached hydrogen (secondary N) is 1. The fourth-order valence-corrected chi connectivity index (χ4v) is 4.52. The number of hydrogen-bond acceptors (Lipinski definition) is 5. The van der Waals surface area contributed by atoms with Crippen LogP contribution in [0.2, 0.25) is 0 Å². The van der Waals surface area contributed by atoms with Crippen molar-refractivity contribution in [3.05, 3.63) is 47.5 Å². The van der Waals surface area contributed by atoms with Crippen molar-refractivity contribution < 1.29 is 4.74 Å². The highest BCUT2D eigenvalue weighted by Gasteiger charge is 2.30. The third-order valence-corrected chi connectivity index (χ3v) is 6.03. The number of piperidine rings is 1. The number of benzene rings is 1. The van der Waals surface area contributed by atoms with Crippen LogP contribution in [0.5, 0.6) is 0 Å². The van der Waals surface area contributed by atoms with E-state index in [1.54, 1.807) is 11.3 Å². The van der Waals surface area contributed by atoms with Crippen molar-refractivity contribution in [2.75, 3.05) is 31.1 Å². The third kappa shape index (κ3) is 3.63. The zero-order valence-corrected chi connectivity index (χ0v) is 14.8. The van der Waals surface area contributed by atoms with Crippen LogP contribution in [0.3, 0.4) is 0 Å². The number of aromatic nitrogens is 1. The summed E-state index contributed by atoms with van der Waals surface area (Å²) < 4.78 is 6.00. The monoisotopic (exact) mass is 343 g/mol. The molecule has 5 heteroatoms. The molecule has 24 heavy (non-hydrogen) atoms. The molecule has 2 aromatic rings. The average Bonchev–Trinajstić information content (AvgIpc) is 3.33. The van der Waals surface area contributed by atoms with Crippen molar-refractivity contribution in [1.29, 1.82) is 0 Å². The van der Waals surface area contributed by atoms with Crippen LogP contribution in [-0.2, 0) is 4.74 Å². The van der Waals surface area contributed by atoms with Crippen LogP contribution in [0.4, 0.5) is 5.13 Å². The molecule has 2 atom stereocenters. The third-order valence-electron chi connectivity index (χ3n) is 5.20. The molecule has 2 saturated heterocycles. The first kappa shape index (κ1) is 16.1. The zero-order chi connectivity index (χ0) is 16.2. The van der Waals surface area contributed by atoms with E-state index in [-0.39, 0.29) is 6.10 Å². The molecule has 1 N–H and O–H groups in total. The van der Waals surface area contributed by atoms with Gasteiger partial charge in [-0.3, -0.25) is 0 Å². The van der Waals surface area contributed by atoms with Crippen molar-refractivity contribution in [3.63, 3.8) is 0 Å². The summed E-state index contributed by atoms with van der Waals surface area (Å²) >= 11 is 1.74. The van der Waals surface area contributed by atoms with E-state index >= 15 is 0 Å². The van der Waals surface area contributed by atoms with E-state index in [0.717, 1.165) is 32.7 Å². The van der Waals surface area contributed by atoms with Gasteiger partial charge in [0.1, 0.15) is 0 Å². The lowest BCUT2D eigenvalue weighted by atomic mass is 9.94. The Bertz CT molecular complexity index is 611. The molecule has 0 spiro atoms. The predicted octanol–water partition coefficient (Wildman–Crippen LogP) is 3.48. The van der Waals surface area contributed by atoms with Gasteiger partial charge < -0.3 is 15.0 Å². The molecule has 0 amide bonds. The average molecular weight is 343 g/mol. The summed E-state index contributed by atoms with van der Waals surface area (Å²) in [6.07, 6.45) is 5.71. The molecule has 3 heterocycles. The number of hydrogen-bond donors (Lipinski definition) is 1. The van der Waals surface area contributed by atoms with Crippen LogP contribution in [0, 0.1) is 5.92 Å². The highest BCUT2D eigenvalue weighted by Crippen LogP contribution is 2.34. The van der Waals surface area contributed by atoms with Gasteiger partial charge in [0.15, 0.2) is 5.13 Å². The van der Waals surface area contributed by atoms with Gasteiger partial charge in [-0.1, -0.05) is 30.3 Å². The maximum absolute atomic E-state index is 6.00. The summed E-state index contributed by atoms with van der Waals surface area (Å²) in [5, 5.41) is 7.03. The van der Waals surface area contributed by atoms with E-state index in [1.165, 1.54) is 23.5 Å². The first-order chi connectivity index (χ1) is 11.9. The Labute approximate surface area is 147 Å². The molecule has 1 aromatic heterocycles. The number of rotatable bonds is 5.